The van der Waals surface area contributed by atoms with Crippen molar-refractivity contribution in [1.29, 1.82) is 0 Å². The second kappa shape index (κ2) is 19.0. The molecule has 0 amide bonds. The molecule has 0 aliphatic carbocycles. The van der Waals surface area contributed by atoms with Crippen LogP contribution in [0.1, 0.15) is 46.5 Å². The van der Waals surface area contributed by atoms with Crippen molar-refractivity contribution in [2.45, 2.75) is 52.0 Å². The first-order chi connectivity index (χ1) is 18.9. The number of hydrogen-bond donors (Lipinski definition) is 2. The van der Waals surface area contributed by atoms with E-state index in [2.05, 4.69) is 48.0 Å². The monoisotopic (exact) mass is 596 g/mol. The number of nitrogens with two attached hydrogens (primary N) is 1. The molecular formula is C29H43Cl3N6O. The fourth-order valence-corrected chi connectivity index (χ4v) is 5.03. The Hall–Kier alpha value is -2.16. The number of allylic oxidation sites excluding steroid dienone is 4. The molecule has 2 aliphatic rings. The number of halogens is 3. The first-order valence-corrected chi connectivity index (χ1v) is 14.4. The molecule has 0 saturated carbocycles. The van der Waals surface area contributed by atoms with Gasteiger partial charge < -0.3 is 20.7 Å². The van der Waals surface area contributed by atoms with Gasteiger partial charge in [-0.1, -0.05) is 54.4 Å². The van der Waals surface area contributed by atoms with Crippen LogP contribution in [0.25, 0.3) is 0 Å². The van der Waals surface area contributed by atoms with E-state index in [1.807, 2.05) is 43.1 Å². The number of carbonyl (C=O) groups excluding carboxylic acids is 1. The highest BCUT2D eigenvalue weighted by Crippen LogP contribution is 2.31. The number of likely N-dealkylation sites (tertiary alicyclic amines) is 1. The Bertz CT molecular complexity index is 1030. The van der Waals surface area contributed by atoms with Gasteiger partial charge in [0, 0.05) is 42.2 Å². The summed E-state index contributed by atoms with van der Waals surface area (Å²) in [6.45, 7) is 12.0. The molecule has 0 bridgehead atoms. The van der Waals surface area contributed by atoms with E-state index >= 15 is 0 Å². The van der Waals surface area contributed by atoms with Crippen LogP contribution in [-0.4, -0.2) is 67.9 Å². The van der Waals surface area contributed by atoms with E-state index in [0.29, 0.717) is 22.5 Å². The number of hydrazone groups is 1. The van der Waals surface area contributed by atoms with Crippen molar-refractivity contribution in [2.24, 2.45) is 15.8 Å². The Morgan fingerprint density at radius 3 is 2.54 bits per heavy atom. The number of piperidine rings is 1. The van der Waals surface area contributed by atoms with Crippen LogP contribution in [0.15, 0.2) is 64.4 Å². The first-order valence-electron chi connectivity index (χ1n) is 13.1. The summed E-state index contributed by atoms with van der Waals surface area (Å²) in [7, 11) is 1.50. The van der Waals surface area contributed by atoms with Gasteiger partial charge in [-0.25, -0.2) is 4.99 Å². The van der Waals surface area contributed by atoms with Gasteiger partial charge in [0.1, 0.15) is 12.5 Å². The number of carbonyl (C=O) groups is 1. The van der Waals surface area contributed by atoms with Crippen LogP contribution in [0.2, 0.25) is 10.0 Å². The summed E-state index contributed by atoms with van der Waals surface area (Å²) in [4.78, 5) is 15.1. The lowest BCUT2D eigenvalue weighted by Gasteiger charge is -2.41. The molecule has 1 fully saturated rings. The Kier molecular flexibility index (Phi) is 17.0. The number of rotatable bonds is 9. The highest BCUT2D eigenvalue weighted by atomic mass is 35.5. The third-order valence-corrected chi connectivity index (χ3v) is 7.18. The number of alkyl halides is 1. The first kappa shape index (κ1) is 34.9. The zero-order valence-corrected chi connectivity index (χ0v) is 25.9. The smallest absolute Gasteiger partial charge is 0.152 e. The molecule has 216 valence electrons. The summed E-state index contributed by atoms with van der Waals surface area (Å²) >= 11 is 18.6. The molecule has 0 aromatic heterocycles. The van der Waals surface area contributed by atoms with Gasteiger partial charge in [0.15, 0.2) is 5.84 Å². The minimum Gasteiger partial charge on any atom is -0.355 e. The fourth-order valence-electron chi connectivity index (χ4n) is 4.39. The molecule has 1 aromatic carbocycles. The summed E-state index contributed by atoms with van der Waals surface area (Å²) in [5.41, 5.74) is 7.65. The number of nitrogens with zero attached hydrogens (tertiary/aromatic N) is 4. The number of amidine groups is 1. The fraction of sp³-hybridized carbons (Fsp3) is 0.483. The SMILES string of the molecule is C/C=C(\C/C=C\CCl)CN(/N=C1\CC=CN=C1N1CCC(C)(NCC)CC1)c1ccc(Cl)cc1Cl.C=O.CN. The van der Waals surface area contributed by atoms with Crippen molar-refractivity contribution in [3.63, 3.8) is 0 Å². The van der Waals surface area contributed by atoms with Gasteiger partial charge in [0.2, 0.25) is 0 Å². The van der Waals surface area contributed by atoms with Crippen LogP contribution in [0.5, 0.6) is 0 Å². The molecule has 1 saturated heterocycles. The topological polar surface area (TPSA) is 86.3 Å². The summed E-state index contributed by atoms with van der Waals surface area (Å²) in [6, 6.07) is 5.53. The standard InChI is InChI=1S/C27H36Cl3N5.CH5N.CH2O/c1-4-21(9-6-7-15-28)20-35(25-12-11-22(29)19-23(25)30)33-24-10-8-16-31-26(24)34-17-13-27(3,14-18-34)32-5-2;2*1-2/h4,6-8,11-12,16,19,32H,5,9-10,13-15,17-18,20H2,1-3H3;2H2,1H3;1H2/b7-6-,21-4+,33-24+;;. The summed E-state index contributed by atoms with van der Waals surface area (Å²) in [5.74, 6) is 1.45. The molecule has 39 heavy (non-hydrogen) atoms. The van der Waals surface area contributed by atoms with E-state index in [0.717, 1.165) is 62.6 Å². The average molecular weight is 598 g/mol. The van der Waals surface area contributed by atoms with Crippen molar-refractivity contribution < 1.29 is 4.79 Å². The maximum absolute atomic E-state index is 8.00. The number of anilines is 1. The minimum absolute atomic E-state index is 0.174. The quantitative estimate of drug-likeness (QED) is 0.194. The zero-order chi connectivity index (χ0) is 29.3. The molecule has 3 rings (SSSR count). The summed E-state index contributed by atoms with van der Waals surface area (Å²) in [6.07, 6.45) is 13.8. The van der Waals surface area contributed by atoms with Gasteiger partial charge in [-0.3, -0.25) is 5.01 Å². The molecule has 3 N–H and O–H groups in total. The highest BCUT2D eigenvalue weighted by molar-refractivity contribution is 6.42. The largest absolute Gasteiger partial charge is 0.355 e. The van der Waals surface area contributed by atoms with Crippen LogP contribution >= 0.6 is 34.8 Å². The molecule has 0 atom stereocenters. The lowest BCUT2D eigenvalue weighted by Crippen LogP contribution is -2.53. The Labute approximate surface area is 249 Å². The van der Waals surface area contributed by atoms with Crippen LogP contribution in [0.3, 0.4) is 0 Å². The van der Waals surface area contributed by atoms with E-state index in [9.17, 15) is 0 Å². The van der Waals surface area contributed by atoms with Gasteiger partial charge in [-0.15, -0.1) is 11.6 Å². The lowest BCUT2D eigenvalue weighted by molar-refractivity contribution is -0.0980. The van der Waals surface area contributed by atoms with Crippen molar-refractivity contribution in [3.8, 4) is 0 Å². The molecular weight excluding hydrogens is 555 g/mol. The van der Waals surface area contributed by atoms with Crippen LogP contribution in [0, 0.1) is 0 Å². The number of aliphatic imine (C=N–C) groups is 1. The maximum Gasteiger partial charge on any atom is 0.152 e. The van der Waals surface area contributed by atoms with Crippen LogP contribution in [0.4, 0.5) is 5.69 Å². The average Bonchev–Trinajstić information content (AvgIpc) is 2.95. The van der Waals surface area contributed by atoms with Crippen molar-refractivity contribution in [1.82, 2.24) is 10.2 Å². The predicted octanol–water partition coefficient (Wildman–Crippen LogP) is 6.46. The van der Waals surface area contributed by atoms with Crippen molar-refractivity contribution in [3.05, 3.63) is 64.3 Å². The number of nitrogens with one attached hydrogen (secondary N) is 1. The molecule has 0 spiro atoms. The van der Waals surface area contributed by atoms with Gasteiger partial charge in [-0.2, -0.15) is 5.10 Å². The maximum atomic E-state index is 8.00. The summed E-state index contributed by atoms with van der Waals surface area (Å²) in [5, 5.41) is 11.9. The van der Waals surface area contributed by atoms with Crippen molar-refractivity contribution >= 4 is 58.8 Å². The predicted molar refractivity (Wildman–Crippen MR) is 171 cm³/mol. The third kappa shape index (κ3) is 11.1. The second-order valence-electron chi connectivity index (χ2n) is 9.10. The number of benzene rings is 1. The number of hydrogen-bond acceptors (Lipinski definition) is 7. The van der Waals surface area contributed by atoms with Crippen LogP contribution in [-0.2, 0) is 4.79 Å². The van der Waals surface area contributed by atoms with Crippen molar-refractivity contribution in [2.75, 3.05) is 44.1 Å². The minimum atomic E-state index is 0.174. The van der Waals surface area contributed by atoms with Gasteiger partial charge in [0.05, 0.1) is 17.3 Å². The lowest BCUT2D eigenvalue weighted by atomic mass is 9.89. The normalized spacial score (nSPS) is 17.7. The Morgan fingerprint density at radius 2 is 1.95 bits per heavy atom. The molecule has 10 heteroatoms. The molecule has 2 heterocycles. The van der Waals surface area contributed by atoms with E-state index < -0.39 is 0 Å². The highest BCUT2D eigenvalue weighted by Gasteiger charge is 2.32. The Morgan fingerprint density at radius 1 is 1.26 bits per heavy atom. The van der Waals surface area contributed by atoms with Gasteiger partial charge in [0.25, 0.3) is 0 Å². The zero-order valence-electron chi connectivity index (χ0n) is 23.6. The third-order valence-electron chi connectivity index (χ3n) is 6.47. The van der Waals surface area contributed by atoms with E-state index in [4.69, 9.17) is 49.7 Å². The molecule has 0 unspecified atom stereocenters. The van der Waals surface area contributed by atoms with Gasteiger partial charge >= 0.3 is 0 Å². The summed E-state index contributed by atoms with van der Waals surface area (Å²) < 4.78 is 0. The molecule has 0 radical (unpaired) electrons. The molecule has 7 nitrogen and oxygen atoms in total. The molecule has 2 aliphatic heterocycles. The van der Waals surface area contributed by atoms with E-state index in [1.165, 1.54) is 12.6 Å². The van der Waals surface area contributed by atoms with E-state index in [-0.39, 0.29) is 5.54 Å². The Balaban J connectivity index is 0.00000181. The van der Waals surface area contributed by atoms with E-state index in [1.54, 1.807) is 6.07 Å². The second-order valence-corrected chi connectivity index (χ2v) is 10.2. The molecule has 1 aromatic rings. The van der Waals surface area contributed by atoms with Gasteiger partial charge in [-0.05, 0) is 70.5 Å². The van der Waals surface area contributed by atoms with Crippen LogP contribution < -0.4 is 16.1 Å².